The maximum Gasteiger partial charge on any atom is 0.315 e. The highest BCUT2D eigenvalue weighted by Crippen LogP contribution is 2.17. The van der Waals surface area contributed by atoms with Gasteiger partial charge in [-0.25, -0.2) is 4.79 Å². The van der Waals surface area contributed by atoms with Crippen LogP contribution in [0.25, 0.3) is 10.9 Å². The van der Waals surface area contributed by atoms with Crippen LogP contribution in [-0.2, 0) is 18.3 Å². The summed E-state index contributed by atoms with van der Waals surface area (Å²) in [5.41, 5.74) is 2.03. The summed E-state index contributed by atoms with van der Waals surface area (Å²) in [6.45, 7) is 3.12. The molecule has 2 aromatic rings. The van der Waals surface area contributed by atoms with Crippen LogP contribution < -0.4 is 16.0 Å². The molecule has 1 aliphatic rings. The maximum atomic E-state index is 12.0. The van der Waals surface area contributed by atoms with Gasteiger partial charge in [0.25, 0.3) is 0 Å². The van der Waals surface area contributed by atoms with Crippen LogP contribution in [0, 0.1) is 5.92 Å². The van der Waals surface area contributed by atoms with E-state index >= 15 is 0 Å². The number of piperidine rings is 1. The molecule has 1 aliphatic heterocycles. The molecule has 2 heterocycles. The van der Waals surface area contributed by atoms with Crippen molar-refractivity contribution in [3.63, 3.8) is 0 Å². The number of carbonyl (C=O) groups is 2. The van der Waals surface area contributed by atoms with Crippen molar-refractivity contribution in [2.75, 3.05) is 13.1 Å². The van der Waals surface area contributed by atoms with Crippen LogP contribution in [0.2, 0.25) is 0 Å². The summed E-state index contributed by atoms with van der Waals surface area (Å²) in [5, 5.41) is 14.0. The highest BCUT2D eigenvalue weighted by atomic mass is 16.2. The van der Waals surface area contributed by atoms with Crippen LogP contribution in [0.4, 0.5) is 4.79 Å². The van der Waals surface area contributed by atoms with E-state index in [2.05, 4.69) is 21.0 Å². The molecule has 1 fully saturated rings. The summed E-state index contributed by atoms with van der Waals surface area (Å²) in [4.78, 5) is 23.9. The Hall–Kier alpha value is -2.57. The Kier molecular flexibility index (Phi) is 4.69. The molecule has 0 aliphatic carbocycles. The monoisotopic (exact) mass is 329 g/mol. The molecule has 1 aromatic heterocycles. The number of aryl methyl sites for hydroxylation is 1. The van der Waals surface area contributed by atoms with E-state index < -0.39 is 6.04 Å². The average molecular weight is 329 g/mol. The van der Waals surface area contributed by atoms with Gasteiger partial charge >= 0.3 is 6.03 Å². The second-order valence-electron chi connectivity index (χ2n) is 6.27. The first-order valence-electron chi connectivity index (χ1n) is 8.29. The lowest BCUT2D eigenvalue weighted by Crippen LogP contribution is -2.56. The summed E-state index contributed by atoms with van der Waals surface area (Å²) in [6.07, 6.45) is 1.51. The number of fused-ring (bicyclic) bond motifs is 1. The Morgan fingerprint density at radius 1 is 1.42 bits per heavy atom. The summed E-state index contributed by atoms with van der Waals surface area (Å²) >= 11 is 0. The van der Waals surface area contributed by atoms with Crippen molar-refractivity contribution in [3.8, 4) is 0 Å². The molecule has 7 heteroatoms. The third-order valence-corrected chi connectivity index (χ3v) is 4.52. The second kappa shape index (κ2) is 6.90. The highest BCUT2D eigenvalue weighted by Gasteiger charge is 2.29. The lowest BCUT2D eigenvalue weighted by molar-refractivity contribution is -0.125. The third-order valence-electron chi connectivity index (χ3n) is 4.52. The SMILES string of the molecule is C[C@@H]1CCNC(=O)[C@@H]1NC(=O)NCCc1nn(C)c2ccccc12. The van der Waals surface area contributed by atoms with Gasteiger partial charge in [0, 0.05) is 31.9 Å². The number of carbonyl (C=O) groups excluding carboxylic acids is 2. The average Bonchev–Trinajstić information content (AvgIpc) is 2.88. The fourth-order valence-electron chi connectivity index (χ4n) is 3.13. The van der Waals surface area contributed by atoms with Crippen LogP contribution in [-0.4, -0.2) is 40.9 Å². The van der Waals surface area contributed by atoms with Gasteiger partial charge in [0.15, 0.2) is 0 Å². The number of para-hydroxylation sites is 1. The van der Waals surface area contributed by atoms with E-state index in [1.54, 1.807) is 0 Å². The predicted molar refractivity (Wildman–Crippen MR) is 91.5 cm³/mol. The highest BCUT2D eigenvalue weighted by molar-refractivity contribution is 5.88. The van der Waals surface area contributed by atoms with Crippen molar-refractivity contribution in [2.45, 2.75) is 25.8 Å². The molecule has 2 atom stereocenters. The van der Waals surface area contributed by atoms with E-state index in [-0.39, 0.29) is 17.9 Å². The fraction of sp³-hybridized carbons (Fsp3) is 0.471. The van der Waals surface area contributed by atoms with Gasteiger partial charge in [-0.15, -0.1) is 0 Å². The number of amides is 3. The zero-order valence-corrected chi connectivity index (χ0v) is 14.0. The van der Waals surface area contributed by atoms with Crippen LogP contribution >= 0.6 is 0 Å². The number of urea groups is 1. The van der Waals surface area contributed by atoms with Gasteiger partial charge in [-0.1, -0.05) is 25.1 Å². The molecule has 0 saturated carbocycles. The number of nitrogens with zero attached hydrogens (tertiary/aromatic N) is 2. The predicted octanol–water partition coefficient (Wildman–Crippen LogP) is 0.940. The topological polar surface area (TPSA) is 88.1 Å². The Balaban J connectivity index is 1.54. The second-order valence-corrected chi connectivity index (χ2v) is 6.27. The zero-order valence-electron chi connectivity index (χ0n) is 14.0. The Morgan fingerprint density at radius 3 is 3.00 bits per heavy atom. The molecule has 3 amide bonds. The maximum absolute atomic E-state index is 12.0. The summed E-state index contributed by atoms with van der Waals surface area (Å²) in [7, 11) is 1.91. The molecule has 0 spiro atoms. The minimum atomic E-state index is -0.463. The number of rotatable bonds is 4. The van der Waals surface area contributed by atoms with Gasteiger partial charge in [0.2, 0.25) is 5.91 Å². The van der Waals surface area contributed by atoms with Gasteiger partial charge in [-0.2, -0.15) is 5.10 Å². The van der Waals surface area contributed by atoms with Gasteiger partial charge < -0.3 is 16.0 Å². The van der Waals surface area contributed by atoms with Crippen LogP contribution in [0.3, 0.4) is 0 Å². The summed E-state index contributed by atoms with van der Waals surface area (Å²) < 4.78 is 1.85. The van der Waals surface area contributed by atoms with E-state index in [1.807, 2.05) is 42.9 Å². The van der Waals surface area contributed by atoms with E-state index in [1.165, 1.54) is 0 Å². The first-order valence-corrected chi connectivity index (χ1v) is 8.29. The van der Waals surface area contributed by atoms with Gasteiger partial charge in [-0.05, 0) is 18.4 Å². The number of hydrogen-bond acceptors (Lipinski definition) is 3. The quantitative estimate of drug-likeness (QED) is 0.780. The smallest absolute Gasteiger partial charge is 0.315 e. The molecule has 0 bridgehead atoms. The standard InChI is InChI=1S/C17H23N5O2/c1-11-7-9-18-16(23)15(11)20-17(24)19-10-8-13-12-5-3-4-6-14(12)22(2)21-13/h3-6,11,15H,7-10H2,1-2H3,(H,18,23)(H2,19,20,24)/t11-,15-/m1/s1. The number of benzene rings is 1. The van der Waals surface area contributed by atoms with E-state index in [0.29, 0.717) is 19.5 Å². The molecule has 3 N–H and O–H groups in total. The van der Waals surface area contributed by atoms with Crippen molar-refractivity contribution in [2.24, 2.45) is 13.0 Å². The summed E-state index contributed by atoms with van der Waals surface area (Å²) in [5.74, 6) is 0.0313. The van der Waals surface area contributed by atoms with Crippen LogP contribution in [0.15, 0.2) is 24.3 Å². The Labute approximate surface area is 140 Å². The lowest BCUT2D eigenvalue weighted by Gasteiger charge is -2.28. The molecule has 0 radical (unpaired) electrons. The molecule has 3 rings (SSSR count). The molecule has 0 unspecified atom stereocenters. The Morgan fingerprint density at radius 2 is 2.21 bits per heavy atom. The van der Waals surface area contributed by atoms with E-state index in [9.17, 15) is 9.59 Å². The minimum absolute atomic E-state index is 0.111. The van der Waals surface area contributed by atoms with Crippen LogP contribution in [0.5, 0.6) is 0 Å². The molecular formula is C17H23N5O2. The fourth-order valence-corrected chi connectivity index (χ4v) is 3.13. The minimum Gasteiger partial charge on any atom is -0.354 e. The molecule has 24 heavy (non-hydrogen) atoms. The van der Waals surface area contributed by atoms with E-state index in [4.69, 9.17) is 0 Å². The number of nitrogens with one attached hydrogen (secondary N) is 3. The number of hydrogen-bond donors (Lipinski definition) is 3. The third kappa shape index (κ3) is 3.34. The van der Waals surface area contributed by atoms with Crippen molar-refractivity contribution in [3.05, 3.63) is 30.0 Å². The van der Waals surface area contributed by atoms with Gasteiger partial charge in [-0.3, -0.25) is 9.48 Å². The van der Waals surface area contributed by atoms with E-state index in [0.717, 1.165) is 23.0 Å². The van der Waals surface area contributed by atoms with Gasteiger partial charge in [0.05, 0.1) is 11.2 Å². The lowest BCUT2D eigenvalue weighted by atomic mass is 9.94. The zero-order chi connectivity index (χ0) is 17.1. The molecular weight excluding hydrogens is 306 g/mol. The van der Waals surface area contributed by atoms with Crippen molar-refractivity contribution >= 4 is 22.8 Å². The molecule has 1 aromatic carbocycles. The molecule has 7 nitrogen and oxygen atoms in total. The molecule has 128 valence electrons. The van der Waals surface area contributed by atoms with Crippen molar-refractivity contribution in [1.82, 2.24) is 25.7 Å². The molecule has 1 saturated heterocycles. The van der Waals surface area contributed by atoms with Gasteiger partial charge in [0.1, 0.15) is 6.04 Å². The van der Waals surface area contributed by atoms with Crippen molar-refractivity contribution in [1.29, 1.82) is 0 Å². The van der Waals surface area contributed by atoms with Crippen molar-refractivity contribution < 1.29 is 9.59 Å². The normalized spacial score (nSPS) is 20.7. The largest absolute Gasteiger partial charge is 0.354 e. The first-order chi connectivity index (χ1) is 11.6. The Bertz CT molecular complexity index is 755. The first kappa shape index (κ1) is 16.3. The van der Waals surface area contributed by atoms with Crippen LogP contribution in [0.1, 0.15) is 19.0 Å². The summed E-state index contributed by atoms with van der Waals surface area (Å²) in [6, 6.07) is 7.24. The number of aromatic nitrogens is 2.